The van der Waals surface area contributed by atoms with E-state index in [4.69, 9.17) is 0 Å². The van der Waals surface area contributed by atoms with E-state index in [1.54, 1.807) is 0 Å². The molecular weight excluding hydrogens is 745 g/mol. The Morgan fingerprint density at radius 3 is 0.403 bits per heavy atom. The first kappa shape index (κ1) is 38.4. The topological polar surface area (TPSA) is 0 Å². The van der Waals surface area contributed by atoms with E-state index in [1.807, 2.05) is 0 Å². The van der Waals surface area contributed by atoms with Crippen molar-refractivity contribution in [3.05, 3.63) is 300 Å². The van der Waals surface area contributed by atoms with Crippen molar-refractivity contribution in [1.29, 1.82) is 0 Å². The average molecular weight is 791 g/mol. The van der Waals surface area contributed by atoms with Crippen molar-refractivity contribution in [2.24, 2.45) is 0 Å². The van der Waals surface area contributed by atoms with E-state index in [0.717, 1.165) is 0 Å². The molecule has 0 saturated heterocycles. The smallest absolute Gasteiger partial charge is 0.0340 e. The summed E-state index contributed by atoms with van der Waals surface area (Å²) >= 11 is 0. The van der Waals surface area contributed by atoms with Crippen LogP contribution >= 0.6 is 0 Å². The molecule has 0 amide bonds. The third-order valence-electron chi connectivity index (χ3n) is 12.2. The predicted molar refractivity (Wildman–Crippen MR) is 261 cm³/mol. The molecule has 0 aliphatic rings. The minimum absolute atomic E-state index is 0.0865. The minimum Gasteiger partial charge on any atom is -0.0622 e. The van der Waals surface area contributed by atoms with Crippen molar-refractivity contribution in [2.75, 3.05) is 0 Å². The molecule has 0 spiro atoms. The van der Waals surface area contributed by atoms with Crippen molar-refractivity contribution < 1.29 is 0 Å². The molecule has 294 valence electrons. The van der Waals surface area contributed by atoms with Crippen LogP contribution < -0.4 is 0 Å². The van der Waals surface area contributed by atoms with Gasteiger partial charge in [0.25, 0.3) is 0 Å². The molecule has 0 aliphatic heterocycles. The second-order valence-electron chi connectivity index (χ2n) is 16.1. The maximum absolute atomic E-state index is 2.31. The maximum Gasteiger partial charge on any atom is 0.0340 e. The van der Waals surface area contributed by atoms with Gasteiger partial charge in [0, 0.05) is 11.8 Å². The molecular formula is C62H46. The van der Waals surface area contributed by atoms with Crippen LogP contribution in [-0.4, -0.2) is 0 Å². The zero-order valence-electron chi connectivity index (χ0n) is 34.6. The number of hydrogen-bond acceptors (Lipinski definition) is 0. The molecule has 0 heteroatoms. The van der Waals surface area contributed by atoms with Gasteiger partial charge in [0.2, 0.25) is 0 Å². The van der Waals surface area contributed by atoms with Crippen LogP contribution in [0.4, 0.5) is 0 Å². The summed E-state index contributed by atoms with van der Waals surface area (Å²) in [6, 6.07) is 97.3. The molecule has 0 atom stereocenters. The molecule has 10 aromatic rings. The van der Waals surface area contributed by atoms with E-state index in [0.29, 0.717) is 0 Å². The van der Waals surface area contributed by atoms with Gasteiger partial charge < -0.3 is 0 Å². The molecule has 0 heterocycles. The van der Waals surface area contributed by atoms with Gasteiger partial charge in [-0.15, -0.1) is 0 Å². The van der Waals surface area contributed by atoms with E-state index in [1.165, 1.54) is 89.0 Å². The van der Waals surface area contributed by atoms with E-state index in [9.17, 15) is 0 Å². The Bertz CT molecular complexity index is 2580. The normalized spacial score (nSPS) is 11.2. The number of rotatable bonds is 11. The molecule has 10 rings (SSSR count). The molecule has 0 unspecified atom stereocenters. The second-order valence-corrected chi connectivity index (χ2v) is 16.1. The number of hydrogen-bond donors (Lipinski definition) is 0. The van der Waals surface area contributed by atoms with Crippen molar-refractivity contribution >= 4 is 0 Å². The van der Waals surface area contributed by atoms with Gasteiger partial charge in [-0.1, -0.05) is 267 Å². The zero-order valence-corrected chi connectivity index (χ0v) is 34.6. The number of benzene rings is 10. The lowest BCUT2D eigenvalue weighted by atomic mass is 9.82. The summed E-state index contributed by atoms with van der Waals surface area (Å²) in [5.74, 6) is 0.173. The Balaban J connectivity index is 0.960. The van der Waals surface area contributed by atoms with Gasteiger partial charge in [0.15, 0.2) is 0 Å². The van der Waals surface area contributed by atoms with Crippen LogP contribution in [0.2, 0.25) is 0 Å². The summed E-state index contributed by atoms with van der Waals surface area (Å²) in [6.45, 7) is 0. The van der Waals surface area contributed by atoms with E-state index >= 15 is 0 Å². The van der Waals surface area contributed by atoms with Crippen LogP contribution in [-0.2, 0) is 0 Å². The van der Waals surface area contributed by atoms with Gasteiger partial charge in [0.1, 0.15) is 0 Å². The van der Waals surface area contributed by atoms with Crippen LogP contribution in [0.1, 0.15) is 45.2 Å². The Morgan fingerprint density at radius 2 is 0.258 bits per heavy atom. The summed E-state index contributed by atoms with van der Waals surface area (Å²) in [5, 5.41) is 0. The Kier molecular flexibility index (Phi) is 11.0. The zero-order chi connectivity index (χ0) is 41.5. The maximum atomic E-state index is 2.31. The van der Waals surface area contributed by atoms with Crippen molar-refractivity contribution in [3.63, 3.8) is 0 Å². The largest absolute Gasteiger partial charge is 0.0622 e. The SMILES string of the molecule is c1ccc(-c2ccc(C(c3ccc(-c4ccccc4)cc3)c3ccc(-c4ccc(C(c5ccc(-c6ccccc6)cc5)c5ccc(-c6ccccc6)cc5)cc4)cc3)cc2)cc1. The molecule has 0 bridgehead atoms. The van der Waals surface area contributed by atoms with Crippen LogP contribution in [0, 0.1) is 0 Å². The highest BCUT2D eigenvalue weighted by Gasteiger charge is 2.20. The predicted octanol–water partition coefficient (Wildman–Crippen LogP) is 16.4. The molecule has 0 radical (unpaired) electrons. The molecule has 0 fully saturated rings. The first-order valence-corrected chi connectivity index (χ1v) is 21.6. The Hall–Kier alpha value is -7.80. The summed E-state index contributed by atoms with van der Waals surface area (Å²) in [6.07, 6.45) is 0. The van der Waals surface area contributed by atoms with Crippen molar-refractivity contribution in [3.8, 4) is 55.6 Å². The fourth-order valence-electron chi connectivity index (χ4n) is 8.89. The average Bonchev–Trinajstić information content (AvgIpc) is 3.36. The highest BCUT2D eigenvalue weighted by Crippen LogP contribution is 2.38. The van der Waals surface area contributed by atoms with Gasteiger partial charge in [-0.25, -0.2) is 0 Å². The van der Waals surface area contributed by atoms with Gasteiger partial charge in [-0.2, -0.15) is 0 Å². The molecule has 0 aliphatic carbocycles. The van der Waals surface area contributed by atoms with Crippen molar-refractivity contribution in [1.82, 2.24) is 0 Å². The van der Waals surface area contributed by atoms with E-state index in [-0.39, 0.29) is 11.8 Å². The third-order valence-corrected chi connectivity index (χ3v) is 12.2. The van der Waals surface area contributed by atoms with Crippen LogP contribution in [0.25, 0.3) is 55.6 Å². The summed E-state index contributed by atoms with van der Waals surface area (Å²) in [4.78, 5) is 0. The second kappa shape index (κ2) is 17.8. The third kappa shape index (κ3) is 8.33. The van der Waals surface area contributed by atoms with Crippen LogP contribution in [0.3, 0.4) is 0 Å². The molecule has 0 aromatic heterocycles. The fourth-order valence-corrected chi connectivity index (χ4v) is 8.89. The first-order chi connectivity index (χ1) is 30.7. The van der Waals surface area contributed by atoms with Gasteiger partial charge >= 0.3 is 0 Å². The van der Waals surface area contributed by atoms with E-state index < -0.39 is 0 Å². The minimum atomic E-state index is 0.0865. The molecule has 0 nitrogen and oxygen atoms in total. The molecule has 62 heavy (non-hydrogen) atoms. The van der Waals surface area contributed by atoms with Gasteiger partial charge in [0.05, 0.1) is 0 Å². The fraction of sp³-hybridized carbons (Fsp3) is 0.0323. The lowest BCUT2D eigenvalue weighted by molar-refractivity contribution is 0.977. The highest BCUT2D eigenvalue weighted by atomic mass is 14.2. The first-order valence-electron chi connectivity index (χ1n) is 21.6. The molecule has 10 aromatic carbocycles. The highest BCUT2D eigenvalue weighted by molar-refractivity contribution is 5.70. The van der Waals surface area contributed by atoms with Gasteiger partial charge in [-0.3, -0.25) is 0 Å². The standard InChI is InChI=1S/C62H46/c1-5-13-45(14-6-1)49-21-33-55(34-22-49)61(56-35-23-50(24-36-56)46-15-7-2-8-16-46)59-41-29-53(30-42-59)54-31-43-60(44-32-54)62(57-37-25-51(26-38-57)47-17-9-3-10-18-47)58-39-27-52(28-40-58)48-19-11-4-12-20-48/h1-44,61-62H. The van der Waals surface area contributed by atoms with Crippen molar-refractivity contribution in [2.45, 2.75) is 11.8 Å². The lowest BCUT2D eigenvalue weighted by Gasteiger charge is -2.21. The van der Waals surface area contributed by atoms with E-state index in [2.05, 4.69) is 267 Å². The Morgan fingerprint density at radius 1 is 0.129 bits per heavy atom. The monoisotopic (exact) mass is 790 g/mol. The molecule has 0 N–H and O–H groups in total. The van der Waals surface area contributed by atoms with Gasteiger partial charge in [-0.05, 0) is 89.0 Å². The Labute approximate surface area is 366 Å². The van der Waals surface area contributed by atoms with Crippen LogP contribution in [0.5, 0.6) is 0 Å². The summed E-state index contributed by atoms with van der Waals surface area (Å²) in [5.41, 5.74) is 19.8. The summed E-state index contributed by atoms with van der Waals surface area (Å²) < 4.78 is 0. The molecule has 0 saturated carbocycles. The quantitative estimate of drug-likeness (QED) is 0.115. The lowest BCUT2D eigenvalue weighted by Crippen LogP contribution is -2.04. The van der Waals surface area contributed by atoms with Crippen LogP contribution in [0.15, 0.2) is 267 Å². The summed E-state index contributed by atoms with van der Waals surface area (Å²) in [7, 11) is 0.